The maximum atomic E-state index is 13.2. The molecule has 0 fully saturated rings. The van der Waals surface area contributed by atoms with Crippen LogP contribution in [0.15, 0.2) is 45.3 Å². The van der Waals surface area contributed by atoms with Gasteiger partial charge in [-0.05, 0) is 57.4 Å². The van der Waals surface area contributed by atoms with Gasteiger partial charge in [0.25, 0.3) is 0 Å². The molecule has 0 aliphatic rings. The molecule has 2 aromatic rings. The topological polar surface area (TPSA) is 35.2 Å². The van der Waals surface area contributed by atoms with Crippen LogP contribution < -0.4 is 10.5 Å². The first kappa shape index (κ1) is 14.5. The Morgan fingerprint density at radius 3 is 2.53 bits per heavy atom. The van der Waals surface area contributed by atoms with Crippen LogP contribution in [0.25, 0.3) is 0 Å². The Hall–Kier alpha value is -0.910. The summed E-state index contributed by atoms with van der Waals surface area (Å²) in [5.41, 5.74) is 7.27. The van der Waals surface area contributed by atoms with Crippen LogP contribution in [0.5, 0.6) is 5.75 Å². The molecule has 0 amide bonds. The zero-order valence-electron chi connectivity index (χ0n) is 10.00. The first-order chi connectivity index (χ1) is 9.10. The second kappa shape index (κ2) is 6.50. The monoisotopic (exact) mass is 387 g/mol. The van der Waals surface area contributed by atoms with Crippen LogP contribution >= 0.6 is 31.9 Å². The third-order valence-electron chi connectivity index (χ3n) is 2.67. The van der Waals surface area contributed by atoms with Crippen molar-refractivity contribution in [1.29, 1.82) is 0 Å². The Morgan fingerprint density at radius 1 is 1.05 bits per heavy atom. The zero-order valence-corrected chi connectivity index (χ0v) is 13.2. The van der Waals surface area contributed by atoms with Gasteiger partial charge in [0.2, 0.25) is 0 Å². The average Bonchev–Trinajstić information content (AvgIpc) is 2.38. The van der Waals surface area contributed by atoms with Crippen molar-refractivity contribution in [2.75, 3.05) is 0 Å². The van der Waals surface area contributed by atoms with E-state index in [1.165, 1.54) is 12.1 Å². The number of rotatable bonds is 4. The predicted octanol–water partition coefficient (Wildman–Crippen LogP) is 4.39. The van der Waals surface area contributed by atoms with Crippen LogP contribution in [0.3, 0.4) is 0 Å². The molecule has 0 aromatic heterocycles. The Kier molecular flexibility index (Phi) is 4.96. The highest BCUT2D eigenvalue weighted by molar-refractivity contribution is 9.11. The van der Waals surface area contributed by atoms with E-state index in [4.69, 9.17) is 10.5 Å². The van der Waals surface area contributed by atoms with Crippen LogP contribution in [-0.4, -0.2) is 0 Å². The van der Waals surface area contributed by atoms with Crippen molar-refractivity contribution in [2.45, 2.75) is 13.2 Å². The molecule has 100 valence electrons. The smallest absolute Gasteiger partial charge is 0.134 e. The predicted molar refractivity (Wildman–Crippen MR) is 80.5 cm³/mol. The summed E-state index contributed by atoms with van der Waals surface area (Å²) in [5, 5.41) is 0. The van der Waals surface area contributed by atoms with Gasteiger partial charge in [0.05, 0.1) is 4.47 Å². The first-order valence-corrected chi connectivity index (χ1v) is 7.24. The van der Waals surface area contributed by atoms with Crippen molar-refractivity contribution < 1.29 is 9.13 Å². The van der Waals surface area contributed by atoms with E-state index < -0.39 is 0 Å². The van der Waals surface area contributed by atoms with Crippen LogP contribution in [0, 0.1) is 5.82 Å². The first-order valence-electron chi connectivity index (χ1n) is 5.65. The number of benzene rings is 2. The zero-order chi connectivity index (χ0) is 13.8. The van der Waals surface area contributed by atoms with Gasteiger partial charge in [-0.1, -0.05) is 22.0 Å². The Bertz CT molecular complexity index is 590. The molecule has 2 aromatic carbocycles. The highest BCUT2D eigenvalue weighted by Gasteiger charge is 2.06. The minimum Gasteiger partial charge on any atom is -0.488 e. The second-order valence-corrected chi connectivity index (χ2v) is 5.75. The molecule has 2 nitrogen and oxygen atoms in total. The minimum absolute atomic E-state index is 0.282. The minimum atomic E-state index is -0.286. The molecular formula is C14H12Br2FNO. The molecule has 0 bridgehead atoms. The summed E-state index contributed by atoms with van der Waals surface area (Å²) in [6.07, 6.45) is 0. The molecule has 5 heteroatoms. The summed E-state index contributed by atoms with van der Waals surface area (Å²) in [5.74, 6) is 0.418. The largest absolute Gasteiger partial charge is 0.488 e. The Labute approximate surface area is 128 Å². The molecule has 0 saturated heterocycles. The number of nitrogens with two attached hydrogens (primary N) is 1. The van der Waals surface area contributed by atoms with E-state index in [0.717, 1.165) is 20.1 Å². The van der Waals surface area contributed by atoms with Crippen LogP contribution in [-0.2, 0) is 13.2 Å². The molecule has 2 rings (SSSR count). The third-order valence-corrected chi connectivity index (χ3v) is 3.78. The third kappa shape index (κ3) is 3.78. The van der Waals surface area contributed by atoms with Crippen molar-refractivity contribution in [3.63, 3.8) is 0 Å². The Balaban J connectivity index is 2.16. The number of halogens is 3. The van der Waals surface area contributed by atoms with Gasteiger partial charge < -0.3 is 10.5 Å². The van der Waals surface area contributed by atoms with Gasteiger partial charge >= 0.3 is 0 Å². The lowest BCUT2D eigenvalue weighted by Crippen LogP contribution is -2.05. The molecule has 2 N–H and O–H groups in total. The number of ether oxygens (including phenoxy) is 1. The molecule has 0 spiro atoms. The van der Waals surface area contributed by atoms with E-state index >= 15 is 0 Å². The van der Waals surface area contributed by atoms with E-state index in [9.17, 15) is 4.39 Å². The van der Waals surface area contributed by atoms with Crippen LogP contribution in [0.4, 0.5) is 4.39 Å². The van der Waals surface area contributed by atoms with Gasteiger partial charge in [-0.2, -0.15) is 0 Å². The summed E-state index contributed by atoms with van der Waals surface area (Å²) >= 11 is 6.79. The van der Waals surface area contributed by atoms with E-state index in [1.54, 1.807) is 6.07 Å². The highest BCUT2D eigenvalue weighted by Crippen LogP contribution is 2.29. The SMILES string of the molecule is NCc1ccc(F)cc1COc1ccc(Br)cc1Br. The molecule has 0 radical (unpaired) electrons. The normalized spacial score (nSPS) is 10.5. The molecule has 0 unspecified atom stereocenters. The average molecular weight is 389 g/mol. The summed E-state index contributed by atoms with van der Waals surface area (Å²) in [4.78, 5) is 0. The summed E-state index contributed by atoms with van der Waals surface area (Å²) in [6.45, 7) is 0.644. The lowest BCUT2D eigenvalue weighted by atomic mass is 10.1. The van der Waals surface area contributed by atoms with Crippen molar-refractivity contribution in [3.05, 3.63) is 62.3 Å². The molecular weight excluding hydrogens is 377 g/mol. The van der Waals surface area contributed by atoms with Gasteiger partial charge in [-0.25, -0.2) is 4.39 Å². The van der Waals surface area contributed by atoms with Gasteiger partial charge in [0.15, 0.2) is 0 Å². The number of hydrogen-bond donors (Lipinski definition) is 1. The quantitative estimate of drug-likeness (QED) is 0.842. The van der Waals surface area contributed by atoms with Crippen molar-refractivity contribution in [1.82, 2.24) is 0 Å². The van der Waals surface area contributed by atoms with Gasteiger partial charge in [-0.3, -0.25) is 0 Å². The number of hydrogen-bond acceptors (Lipinski definition) is 2. The molecule has 0 heterocycles. The van der Waals surface area contributed by atoms with E-state index in [0.29, 0.717) is 12.3 Å². The molecule has 0 saturated carbocycles. The lowest BCUT2D eigenvalue weighted by molar-refractivity contribution is 0.302. The summed E-state index contributed by atoms with van der Waals surface area (Å²) in [6, 6.07) is 10.2. The lowest BCUT2D eigenvalue weighted by Gasteiger charge is -2.11. The standard InChI is InChI=1S/C14H12Br2FNO/c15-11-2-4-14(13(16)6-11)19-8-10-5-12(17)3-1-9(10)7-18/h1-6H,7-8,18H2. The molecule has 0 atom stereocenters. The van der Waals surface area contributed by atoms with E-state index in [1.807, 2.05) is 18.2 Å². The Morgan fingerprint density at radius 2 is 1.84 bits per heavy atom. The second-order valence-electron chi connectivity index (χ2n) is 3.98. The maximum absolute atomic E-state index is 13.2. The summed E-state index contributed by atoms with van der Waals surface area (Å²) < 4.78 is 20.7. The van der Waals surface area contributed by atoms with E-state index in [2.05, 4.69) is 31.9 Å². The fraction of sp³-hybridized carbons (Fsp3) is 0.143. The van der Waals surface area contributed by atoms with Gasteiger partial charge in [0, 0.05) is 11.0 Å². The fourth-order valence-electron chi connectivity index (χ4n) is 1.68. The van der Waals surface area contributed by atoms with Crippen LogP contribution in [0.2, 0.25) is 0 Å². The molecule has 0 aliphatic heterocycles. The van der Waals surface area contributed by atoms with Crippen LogP contribution in [0.1, 0.15) is 11.1 Å². The van der Waals surface area contributed by atoms with Crippen molar-refractivity contribution in [3.8, 4) is 5.75 Å². The van der Waals surface area contributed by atoms with Gasteiger partial charge in [0.1, 0.15) is 18.2 Å². The maximum Gasteiger partial charge on any atom is 0.134 e. The van der Waals surface area contributed by atoms with E-state index in [-0.39, 0.29) is 12.4 Å². The molecule has 19 heavy (non-hydrogen) atoms. The van der Waals surface area contributed by atoms with Crippen molar-refractivity contribution in [2.24, 2.45) is 5.73 Å². The molecule has 0 aliphatic carbocycles. The van der Waals surface area contributed by atoms with Gasteiger partial charge in [-0.15, -0.1) is 0 Å². The summed E-state index contributed by atoms with van der Waals surface area (Å²) in [7, 11) is 0. The highest BCUT2D eigenvalue weighted by atomic mass is 79.9. The fourth-order valence-corrected chi connectivity index (χ4v) is 2.84. The van der Waals surface area contributed by atoms with Crippen molar-refractivity contribution >= 4 is 31.9 Å².